The molecule has 0 aliphatic rings. The normalized spacial score (nSPS) is 12.0. The van der Waals surface area contributed by atoms with Crippen LogP contribution >= 0.6 is 11.3 Å². The molecule has 142 valence electrons. The van der Waals surface area contributed by atoms with Gasteiger partial charge in [-0.25, -0.2) is 4.98 Å². The van der Waals surface area contributed by atoms with E-state index >= 15 is 0 Å². The van der Waals surface area contributed by atoms with E-state index in [4.69, 9.17) is 4.42 Å². The Hall–Kier alpha value is -3.79. The molecule has 0 amide bonds. The molecule has 6 aromatic rings. The van der Waals surface area contributed by atoms with E-state index < -0.39 is 0 Å². The van der Waals surface area contributed by atoms with Gasteiger partial charge in [0.25, 0.3) is 11.1 Å². The summed E-state index contributed by atoms with van der Waals surface area (Å²) in [5.41, 5.74) is 1.66. The zero-order chi connectivity index (χ0) is 19.7. The summed E-state index contributed by atoms with van der Waals surface area (Å²) in [5.74, 6) is 0.945. The van der Waals surface area contributed by atoms with Gasteiger partial charge in [-0.1, -0.05) is 12.1 Å². The lowest BCUT2D eigenvalue weighted by Gasteiger charge is -2.06. The van der Waals surface area contributed by atoms with Gasteiger partial charge in [-0.2, -0.15) is 0 Å². The van der Waals surface area contributed by atoms with Crippen molar-refractivity contribution in [3.63, 3.8) is 0 Å². The largest absolute Gasteiger partial charge is 0.448 e. The summed E-state index contributed by atoms with van der Waals surface area (Å²) in [7, 11) is 1.66. The van der Waals surface area contributed by atoms with Crippen LogP contribution in [-0.4, -0.2) is 28.7 Å². The van der Waals surface area contributed by atoms with Crippen molar-refractivity contribution in [2.24, 2.45) is 7.05 Å². The first-order valence-electron chi connectivity index (χ1n) is 8.80. The third-order valence-electron chi connectivity index (χ3n) is 5.06. The highest BCUT2D eigenvalue weighted by Gasteiger charge is 2.18. The molecule has 0 spiro atoms. The van der Waals surface area contributed by atoms with E-state index in [9.17, 15) is 9.59 Å². The van der Waals surface area contributed by atoms with Crippen molar-refractivity contribution >= 4 is 49.4 Å². The van der Waals surface area contributed by atoms with E-state index in [1.165, 1.54) is 26.8 Å². The molecule has 9 nitrogen and oxygen atoms in total. The van der Waals surface area contributed by atoms with Gasteiger partial charge < -0.3 is 4.42 Å². The van der Waals surface area contributed by atoms with Crippen LogP contribution in [0.1, 0.15) is 5.82 Å². The van der Waals surface area contributed by atoms with Crippen molar-refractivity contribution in [1.29, 1.82) is 0 Å². The van der Waals surface area contributed by atoms with Crippen LogP contribution in [0.5, 0.6) is 0 Å². The number of aryl methyl sites for hydroxylation is 1. The molecule has 10 heteroatoms. The van der Waals surface area contributed by atoms with Gasteiger partial charge in [-0.3, -0.25) is 23.1 Å². The van der Waals surface area contributed by atoms with Gasteiger partial charge in [-0.15, -0.1) is 21.5 Å². The molecule has 1 aromatic carbocycles. The number of furan rings is 1. The predicted octanol–water partition coefficient (Wildman–Crippen LogP) is 2.15. The molecule has 5 aromatic heterocycles. The molecule has 5 heterocycles. The van der Waals surface area contributed by atoms with Gasteiger partial charge in [0.05, 0.1) is 18.4 Å². The second-order valence-corrected chi connectivity index (χ2v) is 7.62. The zero-order valence-electron chi connectivity index (χ0n) is 15.1. The lowest BCUT2D eigenvalue weighted by atomic mass is 10.2. The van der Waals surface area contributed by atoms with E-state index in [2.05, 4.69) is 15.2 Å². The van der Waals surface area contributed by atoms with Gasteiger partial charge >= 0.3 is 0 Å². The first-order valence-corrected chi connectivity index (χ1v) is 9.68. The third-order valence-corrected chi connectivity index (χ3v) is 5.95. The maximum absolute atomic E-state index is 13.0. The molecule has 0 aliphatic carbocycles. The van der Waals surface area contributed by atoms with Crippen molar-refractivity contribution < 1.29 is 4.42 Å². The first-order chi connectivity index (χ1) is 14.1. The van der Waals surface area contributed by atoms with Crippen molar-refractivity contribution in [3.05, 3.63) is 68.6 Å². The van der Waals surface area contributed by atoms with Gasteiger partial charge in [0.15, 0.2) is 5.82 Å². The number of aromatic nitrogens is 6. The maximum Gasteiger partial charge on any atom is 0.297 e. The smallest absolute Gasteiger partial charge is 0.297 e. The van der Waals surface area contributed by atoms with Crippen LogP contribution in [0, 0.1) is 0 Å². The summed E-state index contributed by atoms with van der Waals surface area (Å²) in [6, 6.07) is 9.26. The highest BCUT2D eigenvalue weighted by Crippen LogP contribution is 2.24. The molecule has 0 unspecified atom stereocenters. The summed E-state index contributed by atoms with van der Waals surface area (Å²) >= 11 is 1.36. The number of rotatable bonds is 2. The Bertz CT molecular complexity index is 1700. The minimum Gasteiger partial charge on any atom is -0.448 e. The van der Waals surface area contributed by atoms with Crippen LogP contribution in [0.2, 0.25) is 0 Å². The Labute approximate surface area is 165 Å². The van der Waals surface area contributed by atoms with Crippen LogP contribution in [0.3, 0.4) is 0 Å². The van der Waals surface area contributed by atoms with Crippen LogP contribution < -0.4 is 11.1 Å². The fraction of sp³-hybridized carbons (Fsp3) is 0.105. The standard InChI is InChI=1S/C19H12N6O3S/c1-23-18(27)16-11(6-7-29-16)25-13(21-22-19(23)25)8-24-9-20-14-10-4-2-3-5-12(10)28-15(14)17(24)26/h2-7,9H,8H2,1H3. The second-order valence-electron chi connectivity index (χ2n) is 6.70. The minimum absolute atomic E-state index is 0.121. The lowest BCUT2D eigenvalue weighted by molar-refractivity contribution is 0.635. The summed E-state index contributed by atoms with van der Waals surface area (Å²) < 4.78 is 11.0. The molecular weight excluding hydrogens is 392 g/mol. The number of hydrogen-bond acceptors (Lipinski definition) is 7. The van der Waals surface area contributed by atoms with E-state index in [0.717, 1.165) is 10.9 Å². The Morgan fingerprint density at radius 2 is 1.97 bits per heavy atom. The topological polar surface area (TPSA) is 100 Å². The van der Waals surface area contributed by atoms with Crippen molar-refractivity contribution in [2.75, 3.05) is 0 Å². The number of benzene rings is 1. The van der Waals surface area contributed by atoms with Gasteiger partial charge in [0.1, 0.15) is 15.8 Å². The Balaban J connectivity index is 1.58. The first kappa shape index (κ1) is 16.2. The molecule has 0 atom stereocenters. The summed E-state index contributed by atoms with van der Waals surface area (Å²) in [6.07, 6.45) is 1.49. The fourth-order valence-electron chi connectivity index (χ4n) is 3.64. The van der Waals surface area contributed by atoms with Crippen LogP contribution in [-0.2, 0) is 13.6 Å². The summed E-state index contributed by atoms with van der Waals surface area (Å²) in [6.45, 7) is 0.142. The predicted molar refractivity (Wildman–Crippen MR) is 108 cm³/mol. The SMILES string of the molecule is Cn1c(=O)c2sccc2n2c(Cn3cnc4c(oc5ccccc54)c3=O)nnc12. The second kappa shape index (κ2) is 5.61. The molecule has 29 heavy (non-hydrogen) atoms. The van der Waals surface area contributed by atoms with Crippen molar-refractivity contribution in [3.8, 4) is 0 Å². The highest BCUT2D eigenvalue weighted by molar-refractivity contribution is 7.17. The average molecular weight is 404 g/mol. The minimum atomic E-state index is -0.297. The van der Waals surface area contributed by atoms with Crippen LogP contribution in [0.4, 0.5) is 0 Å². The zero-order valence-corrected chi connectivity index (χ0v) is 15.9. The van der Waals surface area contributed by atoms with Gasteiger partial charge in [-0.05, 0) is 23.6 Å². The molecule has 0 saturated carbocycles. The van der Waals surface area contributed by atoms with Crippen molar-refractivity contribution in [2.45, 2.75) is 6.54 Å². The molecule has 6 rings (SSSR count). The molecule has 0 radical (unpaired) electrons. The number of nitrogens with zero attached hydrogens (tertiary/aromatic N) is 6. The molecular formula is C19H12N6O3S. The Morgan fingerprint density at radius 3 is 2.86 bits per heavy atom. The highest BCUT2D eigenvalue weighted by atomic mass is 32.1. The van der Waals surface area contributed by atoms with Gasteiger partial charge in [0.2, 0.25) is 11.4 Å². The molecule has 0 N–H and O–H groups in total. The average Bonchev–Trinajstić information content (AvgIpc) is 3.45. The number of fused-ring (bicyclic) bond motifs is 6. The van der Waals surface area contributed by atoms with E-state index in [1.807, 2.05) is 29.6 Å². The van der Waals surface area contributed by atoms with Gasteiger partial charge in [0, 0.05) is 12.4 Å². The number of hydrogen-bond donors (Lipinski definition) is 0. The third kappa shape index (κ3) is 2.11. The number of thiophene rings is 1. The van der Waals surface area contributed by atoms with E-state index in [1.54, 1.807) is 17.5 Å². The molecule has 0 saturated heterocycles. The maximum atomic E-state index is 13.0. The molecule has 0 bridgehead atoms. The van der Waals surface area contributed by atoms with Crippen LogP contribution in [0.15, 0.2) is 56.0 Å². The van der Waals surface area contributed by atoms with Crippen LogP contribution in [0.25, 0.3) is 38.1 Å². The summed E-state index contributed by atoms with van der Waals surface area (Å²) in [4.78, 5) is 29.9. The quantitative estimate of drug-likeness (QED) is 0.438. The Morgan fingerprint density at radius 1 is 1.10 bits per heavy atom. The fourth-order valence-corrected chi connectivity index (χ4v) is 4.49. The number of para-hydroxylation sites is 1. The van der Waals surface area contributed by atoms with Crippen molar-refractivity contribution in [1.82, 2.24) is 28.7 Å². The van der Waals surface area contributed by atoms with E-state index in [-0.39, 0.29) is 23.2 Å². The monoisotopic (exact) mass is 404 g/mol. The lowest BCUT2D eigenvalue weighted by Crippen LogP contribution is -2.23. The molecule has 0 aliphatic heterocycles. The Kier molecular flexibility index (Phi) is 3.13. The van der Waals surface area contributed by atoms with E-state index in [0.29, 0.717) is 27.4 Å². The molecule has 0 fully saturated rings. The summed E-state index contributed by atoms with van der Waals surface area (Å²) in [5, 5.41) is 11.0.